The van der Waals surface area contributed by atoms with Gasteiger partial charge in [0.05, 0.1) is 7.11 Å². The molecule has 1 amide bonds. The van der Waals surface area contributed by atoms with E-state index >= 15 is 0 Å². The molecule has 0 aliphatic rings. The molecule has 6 nitrogen and oxygen atoms in total. The van der Waals surface area contributed by atoms with Gasteiger partial charge in [-0.1, -0.05) is 19.9 Å². The smallest absolute Gasteiger partial charge is 0.328 e. The van der Waals surface area contributed by atoms with Crippen LogP contribution < -0.4 is 10.1 Å². The Hall–Kier alpha value is -3.40. The zero-order valence-corrected chi connectivity index (χ0v) is 15.9. The number of hydrogen-bond acceptors (Lipinski definition) is 5. The molecule has 2 aromatic carbocycles. The minimum atomic E-state index is -0.737. The highest BCUT2D eigenvalue weighted by Gasteiger charge is 2.23. The third-order valence-corrected chi connectivity index (χ3v) is 3.93. The fourth-order valence-corrected chi connectivity index (χ4v) is 2.57. The van der Waals surface area contributed by atoms with Gasteiger partial charge in [-0.15, -0.1) is 0 Å². The second kappa shape index (κ2) is 9.51. The number of amides is 1. The summed E-state index contributed by atoms with van der Waals surface area (Å²) in [6, 6.07) is 11.2. The van der Waals surface area contributed by atoms with Crippen LogP contribution in [-0.4, -0.2) is 25.0 Å². The van der Waals surface area contributed by atoms with Crippen LogP contribution in [0.1, 0.15) is 36.2 Å². The van der Waals surface area contributed by atoms with Gasteiger partial charge >= 0.3 is 5.97 Å². The van der Waals surface area contributed by atoms with Gasteiger partial charge in [0.15, 0.2) is 0 Å². The fraction of sp³-hybridized carbons (Fsp3) is 0.286. The van der Waals surface area contributed by atoms with Crippen molar-refractivity contribution in [3.05, 3.63) is 59.4 Å². The molecule has 0 saturated carbocycles. The van der Waals surface area contributed by atoms with Crippen LogP contribution in [0, 0.1) is 23.1 Å². The molecule has 0 aliphatic carbocycles. The number of nitrogens with zero attached hydrogens (tertiary/aromatic N) is 1. The summed E-state index contributed by atoms with van der Waals surface area (Å²) in [4.78, 5) is 24.3. The second-order valence-corrected chi connectivity index (χ2v) is 6.53. The number of halogens is 1. The number of benzene rings is 2. The highest BCUT2D eigenvalue weighted by Crippen LogP contribution is 2.26. The molecule has 0 aliphatic heterocycles. The molecule has 0 aromatic heterocycles. The van der Waals surface area contributed by atoms with E-state index in [1.807, 2.05) is 13.8 Å². The number of carbonyl (C=O) groups excluding carboxylic acids is 2. The van der Waals surface area contributed by atoms with Crippen LogP contribution in [0.5, 0.6) is 11.5 Å². The van der Waals surface area contributed by atoms with E-state index in [-0.39, 0.29) is 17.2 Å². The van der Waals surface area contributed by atoms with Crippen LogP contribution in [0.3, 0.4) is 0 Å². The van der Waals surface area contributed by atoms with Crippen LogP contribution in [-0.2, 0) is 9.53 Å². The van der Waals surface area contributed by atoms with Crippen molar-refractivity contribution in [3.8, 4) is 17.6 Å². The Morgan fingerprint density at radius 2 is 1.86 bits per heavy atom. The molecule has 0 heterocycles. The predicted octanol–water partition coefficient (Wildman–Crippen LogP) is 3.81. The molecule has 7 heteroatoms. The van der Waals surface area contributed by atoms with Crippen molar-refractivity contribution in [3.63, 3.8) is 0 Å². The molecule has 1 atom stereocenters. The summed E-state index contributed by atoms with van der Waals surface area (Å²) in [6.45, 7) is 3.88. The first kappa shape index (κ1) is 20.9. The van der Waals surface area contributed by atoms with Crippen molar-refractivity contribution < 1.29 is 23.5 Å². The Balaban J connectivity index is 2.11. The summed E-state index contributed by atoms with van der Waals surface area (Å²) in [5.74, 6) is -0.980. The van der Waals surface area contributed by atoms with Gasteiger partial charge in [-0.2, -0.15) is 5.26 Å². The number of esters is 1. The molecule has 0 saturated heterocycles. The summed E-state index contributed by atoms with van der Waals surface area (Å²) in [5.41, 5.74) is 0.128. The standard InChI is InChI=1S/C21H21FN2O4/c1-13(2)11-18(21(26)27-3)24-20(25)14-7-9-15(10-8-14)28-19-6-4-5-17(22)16(19)12-23/h4-10,13,18H,11H2,1-3H3,(H,24,25). The van der Waals surface area contributed by atoms with Gasteiger partial charge in [-0.25, -0.2) is 9.18 Å². The van der Waals surface area contributed by atoms with Crippen LogP contribution >= 0.6 is 0 Å². The molecule has 0 bridgehead atoms. The lowest BCUT2D eigenvalue weighted by Crippen LogP contribution is -2.42. The van der Waals surface area contributed by atoms with Crippen LogP contribution in [0.25, 0.3) is 0 Å². The van der Waals surface area contributed by atoms with Gasteiger partial charge in [0, 0.05) is 5.56 Å². The Morgan fingerprint density at radius 1 is 1.18 bits per heavy atom. The summed E-state index contributed by atoms with van der Waals surface area (Å²) < 4.78 is 23.9. The summed E-state index contributed by atoms with van der Waals surface area (Å²) >= 11 is 0. The zero-order chi connectivity index (χ0) is 20.7. The molecule has 1 unspecified atom stereocenters. The van der Waals surface area contributed by atoms with E-state index in [0.29, 0.717) is 17.7 Å². The number of methoxy groups -OCH3 is 1. The average Bonchev–Trinajstić information content (AvgIpc) is 2.67. The van der Waals surface area contributed by atoms with Gasteiger partial charge in [-0.05, 0) is 48.7 Å². The average molecular weight is 384 g/mol. The summed E-state index contributed by atoms with van der Waals surface area (Å²) in [7, 11) is 1.27. The molecule has 28 heavy (non-hydrogen) atoms. The van der Waals surface area contributed by atoms with Crippen molar-refractivity contribution in [2.24, 2.45) is 5.92 Å². The third-order valence-electron chi connectivity index (χ3n) is 3.93. The lowest BCUT2D eigenvalue weighted by atomic mass is 10.0. The van der Waals surface area contributed by atoms with E-state index in [4.69, 9.17) is 14.7 Å². The quantitative estimate of drug-likeness (QED) is 0.734. The topological polar surface area (TPSA) is 88.4 Å². The second-order valence-electron chi connectivity index (χ2n) is 6.53. The number of nitriles is 1. The zero-order valence-electron chi connectivity index (χ0n) is 15.9. The molecule has 2 aromatic rings. The number of hydrogen-bond donors (Lipinski definition) is 1. The fourth-order valence-electron chi connectivity index (χ4n) is 2.57. The molecule has 146 valence electrons. The molecule has 0 radical (unpaired) electrons. The minimum Gasteiger partial charge on any atom is -0.467 e. The van der Waals surface area contributed by atoms with E-state index in [2.05, 4.69) is 5.32 Å². The van der Waals surface area contributed by atoms with Gasteiger partial charge in [-0.3, -0.25) is 4.79 Å². The first-order valence-corrected chi connectivity index (χ1v) is 8.71. The van der Waals surface area contributed by atoms with Crippen LogP contribution in [0.2, 0.25) is 0 Å². The van der Waals surface area contributed by atoms with Crippen molar-refractivity contribution >= 4 is 11.9 Å². The molecule has 0 fully saturated rings. The van der Waals surface area contributed by atoms with Crippen molar-refractivity contribution in [1.82, 2.24) is 5.32 Å². The van der Waals surface area contributed by atoms with Crippen molar-refractivity contribution in [2.75, 3.05) is 7.11 Å². The highest BCUT2D eigenvalue weighted by atomic mass is 19.1. The summed E-state index contributed by atoms with van der Waals surface area (Å²) in [6.07, 6.45) is 0.454. The van der Waals surface area contributed by atoms with E-state index in [1.165, 1.54) is 49.6 Å². The minimum absolute atomic E-state index is 0.0855. The van der Waals surface area contributed by atoms with E-state index in [9.17, 15) is 14.0 Å². The molecular formula is C21H21FN2O4. The molecule has 1 N–H and O–H groups in total. The van der Waals surface area contributed by atoms with Crippen molar-refractivity contribution in [1.29, 1.82) is 5.26 Å². The lowest BCUT2D eigenvalue weighted by Gasteiger charge is -2.18. The van der Waals surface area contributed by atoms with Gasteiger partial charge in [0.1, 0.15) is 35.0 Å². The van der Waals surface area contributed by atoms with Gasteiger partial charge in [0.25, 0.3) is 5.91 Å². The van der Waals surface area contributed by atoms with Crippen LogP contribution in [0.4, 0.5) is 4.39 Å². The maximum Gasteiger partial charge on any atom is 0.328 e. The summed E-state index contributed by atoms with van der Waals surface area (Å²) in [5, 5.41) is 11.7. The Morgan fingerprint density at radius 3 is 2.43 bits per heavy atom. The Bertz CT molecular complexity index is 888. The molecule has 2 rings (SSSR count). The normalized spacial score (nSPS) is 11.4. The Kier molecular flexibility index (Phi) is 7.10. The van der Waals surface area contributed by atoms with Gasteiger partial charge < -0.3 is 14.8 Å². The third kappa shape index (κ3) is 5.30. The SMILES string of the molecule is COC(=O)C(CC(C)C)NC(=O)c1ccc(Oc2cccc(F)c2C#N)cc1. The Labute approximate surface area is 162 Å². The monoisotopic (exact) mass is 384 g/mol. The molecule has 0 spiro atoms. The number of rotatable bonds is 7. The number of nitrogens with one attached hydrogen (secondary N) is 1. The largest absolute Gasteiger partial charge is 0.467 e. The maximum atomic E-state index is 13.6. The van der Waals surface area contributed by atoms with E-state index in [0.717, 1.165) is 0 Å². The van der Waals surface area contributed by atoms with E-state index < -0.39 is 23.7 Å². The maximum absolute atomic E-state index is 13.6. The van der Waals surface area contributed by atoms with Gasteiger partial charge in [0.2, 0.25) is 0 Å². The number of carbonyl (C=O) groups is 2. The van der Waals surface area contributed by atoms with E-state index in [1.54, 1.807) is 6.07 Å². The molecular weight excluding hydrogens is 363 g/mol. The first-order chi connectivity index (χ1) is 13.3. The highest BCUT2D eigenvalue weighted by molar-refractivity contribution is 5.96. The first-order valence-electron chi connectivity index (χ1n) is 8.71. The number of ether oxygens (including phenoxy) is 2. The van der Waals surface area contributed by atoms with Crippen molar-refractivity contribution in [2.45, 2.75) is 26.3 Å². The predicted molar refractivity (Wildman–Crippen MR) is 100 cm³/mol. The van der Waals surface area contributed by atoms with Crippen LogP contribution in [0.15, 0.2) is 42.5 Å². The lowest BCUT2D eigenvalue weighted by molar-refractivity contribution is -0.143.